The van der Waals surface area contributed by atoms with Crippen molar-refractivity contribution >= 4 is 5.91 Å². The molecule has 1 heterocycles. The Morgan fingerprint density at radius 3 is 2.86 bits per heavy atom. The Morgan fingerprint density at radius 2 is 2.10 bits per heavy atom. The molecule has 1 saturated heterocycles. The molecule has 1 aromatic carbocycles. The van der Waals surface area contributed by atoms with Crippen molar-refractivity contribution < 1.29 is 9.53 Å². The highest BCUT2D eigenvalue weighted by Gasteiger charge is 2.22. The summed E-state index contributed by atoms with van der Waals surface area (Å²) >= 11 is 0. The Kier molecular flexibility index (Phi) is 6.70. The molecule has 0 saturated carbocycles. The minimum Gasteiger partial charge on any atom is -0.383 e. The average Bonchev–Trinajstić information content (AvgIpc) is 2.74. The first-order valence-electron chi connectivity index (χ1n) is 7.82. The highest BCUT2D eigenvalue weighted by atomic mass is 16.5. The van der Waals surface area contributed by atoms with Crippen molar-refractivity contribution in [3.63, 3.8) is 0 Å². The predicted octanol–water partition coefficient (Wildman–Crippen LogP) is 2.05. The average molecular weight is 290 g/mol. The first kappa shape index (κ1) is 16.0. The normalized spacial score (nSPS) is 20.0. The van der Waals surface area contributed by atoms with Crippen LogP contribution < -0.4 is 5.32 Å². The van der Waals surface area contributed by atoms with E-state index in [1.54, 1.807) is 7.11 Å². The van der Waals surface area contributed by atoms with Gasteiger partial charge in [0.25, 0.3) is 0 Å². The number of methoxy groups -OCH3 is 1. The molecule has 0 bridgehead atoms. The van der Waals surface area contributed by atoms with Crippen molar-refractivity contribution in [1.82, 2.24) is 10.2 Å². The lowest BCUT2D eigenvalue weighted by Gasteiger charge is -2.20. The van der Waals surface area contributed by atoms with Crippen LogP contribution in [0.5, 0.6) is 0 Å². The monoisotopic (exact) mass is 290 g/mol. The van der Waals surface area contributed by atoms with Crippen molar-refractivity contribution in [2.24, 2.45) is 5.92 Å². The molecule has 1 amide bonds. The van der Waals surface area contributed by atoms with Crippen molar-refractivity contribution in [1.29, 1.82) is 0 Å². The standard InChI is InChI=1S/C17H26N2O2/c1-21-13-10-18-17(20)16-8-5-11-19(12-9-16)14-15-6-3-2-4-7-15/h2-4,6-7,16H,5,8-14H2,1H3,(H,18,20). The lowest BCUT2D eigenvalue weighted by molar-refractivity contribution is -0.125. The molecule has 1 aliphatic rings. The largest absolute Gasteiger partial charge is 0.383 e. The summed E-state index contributed by atoms with van der Waals surface area (Å²) in [5, 5.41) is 2.96. The van der Waals surface area contributed by atoms with Crippen molar-refractivity contribution in [3.05, 3.63) is 35.9 Å². The number of hydrogen-bond donors (Lipinski definition) is 1. The zero-order chi connectivity index (χ0) is 14.9. The molecule has 0 spiro atoms. The van der Waals surface area contributed by atoms with Crippen LogP contribution in [-0.2, 0) is 16.1 Å². The Bertz CT molecular complexity index is 422. The number of benzene rings is 1. The maximum absolute atomic E-state index is 12.1. The topological polar surface area (TPSA) is 41.6 Å². The summed E-state index contributed by atoms with van der Waals surface area (Å²) in [5.74, 6) is 0.344. The molecule has 0 aliphatic carbocycles. The number of carbonyl (C=O) groups excluding carboxylic acids is 1. The Balaban J connectivity index is 1.77. The summed E-state index contributed by atoms with van der Waals surface area (Å²) in [6.45, 7) is 4.25. The van der Waals surface area contributed by atoms with Crippen LogP contribution in [0.25, 0.3) is 0 Å². The molecular formula is C17H26N2O2. The number of ether oxygens (including phenoxy) is 1. The molecule has 4 nitrogen and oxygen atoms in total. The Labute approximate surface area is 127 Å². The molecule has 1 aromatic rings. The summed E-state index contributed by atoms with van der Waals surface area (Å²) in [6.07, 6.45) is 3.03. The van der Waals surface area contributed by atoms with Crippen LogP contribution in [0.4, 0.5) is 0 Å². The molecule has 1 unspecified atom stereocenters. The van der Waals surface area contributed by atoms with Gasteiger partial charge in [0.2, 0.25) is 5.91 Å². The molecule has 2 rings (SSSR count). The van der Waals surface area contributed by atoms with Gasteiger partial charge >= 0.3 is 0 Å². The minimum atomic E-state index is 0.155. The van der Waals surface area contributed by atoms with Crippen LogP contribution in [0.3, 0.4) is 0 Å². The summed E-state index contributed by atoms with van der Waals surface area (Å²) < 4.78 is 4.96. The van der Waals surface area contributed by atoms with Gasteiger partial charge in [0.15, 0.2) is 0 Å². The van der Waals surface area contributed by atoms with E-state index in [0.29, 0.717) is 13.2 Å². The molecule has 1 N–H and O–H groups in total. The maximum atomic E-state index is 12.1. The number of hydrogen-bond acceptors (Lipinski definition) is 3. The maximum Gasteiger partial charge on any atom is 0.223 e. The molecule has 1 aliphatic heterocycles. The first-order chi connectivity index (χ1) is 10.3. The summed E-state index contributed by atoms with van der Waals surface area (Å²) in [6, 6.07) is 10.5. The second-order valence-electron chi connectivity index (χ2n) is 5.67. The molecule has 1 atom stereocenters. The minimum absolute atomic E-state index is 0.155. The molecule has 1 fully saturated rings. The highest BCUT2D eigenvalue weighted by molar-refractivity contribution is 5.78. The van der Waals surface area contributed by atoms with Gasteiger partial charge in [-0.2, -0.15) is 0 Å². The fourth-order valence-corrected chi connectivity index (χ4v) is 2.84. The van der Waals surface area contributed by atoms with E-state index in [0.717, 1.165) is 38.9 Å². The van der Waals surface area contributed by atoms with E-state index in [1.165, 1.54) is 5.56 Å². The van der Waals surface area contributed by atoms with Crippen molar-refractivity contribution in [2.75, 3.05) is 33.4 Å². The fourth-order valence-electron chi connectivity index (χ4n) is 2.84. The lowest BCUT2D eigenvalue weighted by atomic mass is 10.00. The predicted molar refractivity (Wildman–Crippen MR) is 83.9 cm³/mol. The van der Waals surface area contributed by atoms with E-state index < -0.39 is 0 Å². The van der Waals surface area contributed by atoms with E-state index in [9.17, 15) is 4.79 Å². The number of rotatable bonds is 6. The van der Waals surface area contributed by atoms with Gasteiger partial charge in [0.1, 0.15) is 0 Å². The van der Waals surface area contributed by atoms with E-state index >= 15 is 0 Å². The summed E-state index contributed by atoms with van der Waals surface area (Å²) in [7, 11) is 1.65. The zero-order valence-electron chi connectivity index (χ0n) is 12.9. The third-order valence-electron chi connectivity index (χ3n) is 4.05. The van der Waals surface area contributed by atoms with Gasteiger partial charge < -0.3 is 10.1 Å². The summed E-state index contributed by atoms with van der Waals surface area (Å²) in [5.41, 5.74) is 1.35. The van der Waals surface area contributed by atoms with Crippen molar-refractivity contribution in [2.45, 2.75) is 25.8 Å². The summed E-state index contributed by atoms with van der Waals surface area (Å²) in [4.78, 5) is 14.6. The van der Waals surface area contributed by atoms with Crippen LogP contribution in [0.2, 0.25) is 0 Å². The Morgan fingerprint density at radius 1 is 1.29 bits per heavy atom. The Hall–Kier alpha value is -1.39. The van der Waals surface area contributed by atoms with E-state index in [2.05, 4.69) is 34.5 Å². The van der Waals surface area contributed by atoms with Crippen LogP contribution in [-0.4, -0.2) is 44.2 Å². The molecule has 116 valence electrons. The van der Waals surface area contributed by atoms with Crippen LogP contribution in [0, 0.1) is 5.92 Å². The van der Waals surface area contributed by atoms with Gasteiger partial charge in [-0.25, -0.2) is 0 Å². The molecule has 21 heavy (non-hydrogen) atoms. The van der Waals surface area contributed by atoms with Crippen LogP contribution in [0.1, 0.15) is 24.8 Å². The lowest BCUT2D eigenvalue weighted by Crippen LogP contribution is -2.33. The zero-order valence-corrected chi connectivity index (χ0v) is 12.9. The number of amides is 1. The fraction of sp³-hybridized carbons (Fsp3) is 0.588. The van der Waals surface area contributed by atoms with E-state index in [-0.39, 0.29) is 11.8 Å². The van der Waals surface area contributed by atoms with Gasteiger partial charge in [-0.3, -0.25) is 9.69 Å². The van der Waals surface area contributed by atoms with Gasteiger partial charge in [-0.15, -0.1) is 0 Å². The van der Waals surface area contributed by atoms with Gasteiger partial charge in [-0.05, 0) is 37.9 Å². The van der Waals surface area contributed by atoms with Gasteiger partial charge in [-0.1, -0.05) is 30.3 Å². The van der Waals surface area contributed by atoms with Gasteiger partial charge in [0, 0.05) is 26.1 Å². The van der Waals surface area contributed by atoms with E-state index in [1.807, 2.05) is 6.07 Å². The SMILES string of the molecule is COCCNC(=O)C1CCCN(Cc2ccccc2)CC1. The second-order valence-corrected chi connectivity index (χ2v) is 5.67. The highest BCUT2D eigenvalue weighted by Crippen LogP contribution is 2.19. The molecule has 0 radical (unpaired) electrons. The second kappa shape index (κ2) is 8.80. The van der Waals surface area contributed by atoms with Crippen LogP contribution in [0.15, 0.2) is 30.3 Å². The molecular weight excluding hydrogens is 264 g/mol. The number of carbonyl (C=O) groups is 1. The van der Waals surface area contributed by atoms with Crippen molar-refractivity contribution in [3.8, 4) is 0 Å². The van der Waals surface area contributed by atoms with Gasteiger partial charge in [0.05, 0.1) is 6.61 Å². The molecule has 0 aromatic heterocycles. The number of likely N-dealkylation sites (tertiary alicyclic amines) is 1. The van der Waals surface area contributed by atoms with Crippen LogP contribution >= 0.6 is 0 Å². The number of nitrogens with one attached hydrogen (secondary N) is 1. The molecule has 4 heteroatoms. The smallest absolute Gasteiger partial charge is 0.223 e. The third-order valence-corrected chi connectivity index (χ3v) is 4.05. The first-order valence-corrected chi connectivity index (χ1v) is 7.82. The number of nitrogens with zero attached hydrogens (tertiary/aromatic N) is 1. The quantitative estimate of drug-likeness (QED) is 0.815. The van der Waals surface area contributed by atoms with E-state index in [4.69, 9.17) is 4.74 Å². The third kappa shape index (κ3) is 5.48.